The van der Waals surface area contributed by atoms with Crippen LogP contribution >= 0.6 is 0 Å². The summed E-state index contributed by atoms with van der Waals surface area (Å²) in [5.41, 5.74) is 0. The summed E-state index contributed by atoms with van der Waals surface area (Å²) in [5, 5.41) is 0. The zero-order valence-electron chi connectivity index (χ0n) is 15.2. The predicted octanol–water partition coefficient (Wildman–Crippen LogP) is 2.18. The number of hydrogen-bond acceptors (Lipinski definition) is 6. The minimum absolute atomic E-state index is 0.154. The van der Waals surface area contributed by atoms with Crippen LogP contribution in [0.25, 0.3) is 0 Å². The van der Waals surface area contributed by atoms with E-state index in [0.29, 0.717) is 12.5 Å². The van der Waals surface area contributed by atoms with Crippen molar-refractivity contribution < 1.29 is 23.8 Å². The summed E-state index contributed by atoms with van der Waals surface area (Å²) in [6.45, 7) is 10.9. The molecule has 6 nitrogen and oxygen atoms in total. The molecule has 0 aliphatic carbocycles. The van der Waals surface area contributed by atoms with Gasteiger partial charge in [0.25, 0.3) is 0 Å². The Morgan fingerprint density at radius 1 is 1.08 bits per heavy atom. The van der Waals surface area contributed by atoms with E-state index in [1.165, 1.54) is 0 Å². The van der Waals surface area contributed by atoms with Gasteiger partial charge in [0, 0.05) is 25.2 Å². The molecule has 1 heterocycles. The van der Waals surface area contributed by atoms with Crippen molar-refractivity contribution in [3.63, 3.8) is 0 Å². The Kier molecular flexibility index (Phi) is 10.4. The first kappa shape index (κ1) is 20.6. The van der Waals surface area contributed by atoms with Gasteiger partial charge in [0.05, 0.1) is 25.9 Å². The van der Waals surface area contributed by atoms with Gasteiger partial charge in [-0.2, -0.15) is 0 Å². The van der Waals surface area contributed by atoms with Crippen molar-refractivity contribution in [3.8, 4) is 0 Å². The first-order valence-electron chi connectivity index (χ1n) is 8.83. The molecule has 1 saturated heterocycles. The number of ether oxygens (including phenoxy) is 3. The monoisotopic (exact) mass is 341 g/mol. The Balaban J connectivity index is 2.06. The van der Waals surface area contributed by atoms with Crippen molar-refractivity contribution in [3.05, 3.63) is 12.2 Å². The molecule has 0 spiro atoms. The average Bonchev–Trinajstić information content (AvgIpc) is 2.52. The van der Waals surface area contributed by atoms with Crippen molar-refractivity contribution in [1.82, 2.24) is 4.90 Å². The fourth-order valence-corrected chi connectivity index (χ4v) is 2.57. The summed E-state index contributed by atoms with van der Waals surface area (Å²) in [7, 11) is 0. The third-order valence-electron chi connectivity index (χ3n) is 3.69. The number of unbranched alkanes of at least 4 members (excludes halogenated alkanes) is 1. The third-order valence-corrected chi connectivity index (χ3v) is 3.69. The van der Waals surface area contributed by atoms with E-state index >= 15 is 0 Å². The second-order valence-corrected chi connectivity index (χ2v) is 6.54. The highest BCUT2D eigenvalue weighted by molar-refractivity contribution is 5.91. The highest BCUT2D eigenvalue weighted by Gasteiger charge is 2.10. The van der Waals surface area contributed by atoms with E-state index in [-0.39, 0.29) is 6.10 Å². The van der Waals surface area contributed by atoms with Crippen molar-refractivity contribution in [2.24, 2.45) is 5.92 Å². The minimum Gasteiger partial charge on any atom is -0.463 e. The number of esters is 2. The summed E-state index contributed by atoms with van der Waals surface area (Å²) in [5.74, 6) is -0.554. The second-order valence-electron chi connectivity index (χ2n) is 6.54. The summed E-state index contributed by atoms with van der Waals surface area (Å²) in [4.78, 5) is 25.4. The highest BCUT2D eigenvalue weighted by Crippen LogP contribution is 2.07. The first-order valence-corrected chi connectivity index (χ1v) is 8.83. The lowest BCUT2D eigenvalue weighted by atomic mass is 10.1. The predicted molar refractivity (Wildman–Crippen MR) is 91.6 cm³/mol. The van der Waals surface area contributed by atoms with E-state index in [1.807, 2.05) is 6.92 Å². The van der Waals surface area contributed by atoms with E-state index in [2.05, 4.69) is 18.7 Å². The lowest BCUT2D eigenvalue weighted by Gasteiger charge is -2.26. The van der Waals surface area contributed by atoms with Gasteiger partial charge in [-0.05, 0) is 38.6 Å². The molecule has 24 heavy (non-hydrogen) atoms. The van der Waals surface area contributed by atoms with Gasteiger partial charge in [0.2, 0.25) is 0 Å². The standard InChI is InChI=1S/C18H31NO5/c1-15(2)14-16(3)24-18(21)7-6-17(20)23-11-5-4-8-19-9-12-22-13-10-19/h6-7,15-16H,4-5,8-14H2,1-3H3/b7-6+. The van der Waals surface area contributed by atoms with Crippen LogP contribution < -0.4 is 0 Å². The first-order chi connectivity index (χ1) is 11.5. The van der Waals surface area contributed by atoms with E-state index < -0.39 is 11.9 Å². The van der Waals surface area contributed by atoms with E-state index in [9.17, 15) is 9.59 Å². The molecule has 1 unspecified atom stereocenters. The third kappa shape index (κ3) is 10.4. The molecule has 0 radical (unpaired) electrons. The average molecular weight is 341 g/mol. The van der Waals surface area contributed by atoms with E-state index in [4.69, 9.17) is 14.2 Å². The van der Waals surface area contributed by atoms with Crippen molar-refractivity contribution in [1.29, 1.82) is 0 Å². The van der Waals surface area contributed by atoms with Gasteiger partial charge < -0.3 is 14.2 Å². The maximum absolute atomic E-state index is 11.6. The molecule has 138 valence electrons. The lowest BCUT2D eigenvalue weighted by molar-refractivity contribution is -0.144. The van der Waals surface area contributed by atoms with E-state index in [0.717, 1.165) is 64.3 Å². The number of morpholine rings is 1. The number of rotatable bonds is 10. The molecule has 1 aliphatic heterocycles. The fourth-order valence-electron chi connectivity index (χ4n) is 2.57. The molecule has 0 aromatic carbocycles. The van der Waals surface area contributed by atoms with Crippen LogP contribution in [0.15, 0.2) is 12.2 Å². The van der Waals surface area contributed by atoms with Crippen LogP contribution in [0.1, 0.15) is 40.0 Å². The van der Waals surface area contributed by atoms with Crippen LogP contribution in [-0.4, -0.2) is 62.4 Å². The Morgan fingerprint density at radius 2 is 1.75 bits per heavy atom. The van der Waals surface area contributed by atoms with Crippen molar-refractivity contribution in [2.45, 2.75) is 46.1 Å². The lowest BCUT2D eigenvalue weighted by Crippen LogP contribution is -2.36. The summed E-state index contributed by atoms with van der Waals surface area (Å²) in [6, 6.07) is 0. The van der Waals surface area contributed by atoms with Gasteiger partial charge in [0.15, 0.2) is 0 Å². The highest BCUT2D eigenvalue weighted by atomic mass is 16.5. The number of carbonyl (C=O) groups excluding carboxylic acids is 2. The van der Waals surface area contributed by atoms with Gasteiger partial charge in [-0.1, -0.05) is 13.8 Å². The fraction of sp³-hybridized carbons (Fsp3) is 0.778. The van der Waals surface area contributed by atoms with Crippen LogP contribution in [0.5, 0.6) is 0 Å². The zero-order chi connectivity index (χ0) is 17.8. The van der Waals surface area contributed by atoms with Crippen LogP contribution in [-0.2, 0) is 23.8 Å². The van der Waals surface area contributed by atoms with Gasteiger partial charge in [-0.15, -0.1) is 0 Å². The molecule has 1 atom stereocenters. The van der Waals surface area contributed by atoms with Gasteiger partial charge in [-0.3, -0.25) is 4.90 Å². The normalized spacial score (nSPS) is 17.2. The number of nitrogens with zero attached hydrogens (tertiary/aromatic N) is 1. The molecule has 0 aromatic rings. The van der Waals surface area contributed by atoms with Gasteiger partial charge >= 0.3 is 11.9 Å². The summed E-state index contributed by atoms with van der Waals surface area (Å²) in [6.07, 6.45) is 4.70. The molecular formula is C18H31NO5. The molecular weight excluding hydrogens is 310 g/mol. The van der Waals surface area contributed by atoms with Gasteiger partial charge in [-0.25, -0.2) is 9.59 Å². The van der Waals surface area contributed by atoms with Crippen LogP contribution in [0.3, 0.4) is 0 Å². The number of hydrogen-bond donors (Lipinski definition) is 0. The topological polar surface area (TPSA) is 65.1 Å². The molecule has 1 fully saturated rings. The molecule has 0 N–H and O–H groups in total. The smallest absolute Gasteiger partial charge is 0.331 e. The molecule has 0 saturated carbocycles. The Morgan fingerprint density at radius 3 is 2.42 bits per heavy atom. The van der Waals surface area contributed by atoms with Gasteiger partial charge in [0.1, 0.15) is 0 Å². The second kappa shape index (κ2) is 12.0. The Hall–Kier alpha value is -1.40. The van der Waals surface area contributed by atoms with Crippen molar-refractivity contribution in [2.75, 3.05) is 39.5 Å². The Bertz CT molecular complexity index is 402. The van der Waals surface area contributed by atoms with Crippen LogP contribution in [0.4, 0.5) is 0 Å². The summed E-state index contributed by atoms with van der Waals surface area (Å²) < 4.78 is 15.5. The quantitative estimate of drug-likeness (QED) is 0.345. The maximum Gasteiger partial charge on any atom is 0.331 e. The SMILES string of the molecule is CC(C)CC(C)OC(=O)/C=C/C(=O)OCCCCN1CCOCC1. The van der Waals surface area contributed by atoms with Crippen LogP contribution in [0.2, 0.25) is 0 Å². The molecule has 6 heteroatoms. The van der Waals surface area contributed by atoms with Crippen LogP contribution in [0, 0.1) is 5.92 Å². The summed E-state index contributed by atoms with van der Waals surface area (Å²) >= 11 is 0. The van der Waals surface area contributed by atoms with Crippen molar-refractivity contribution >= 4 is 11.9 Å². The van der Waals surface area contributed by atoms with E-state index in [1.54, 1.807) is 0 Å². The largest absolute Gasteiger partial charge is 0.463 e. The molecule has 1 aliphatic rings. The maximum atomic E-state index is 11.6. The number of carbonyl (C=O) groups is 2. The molecule has 0 bridgehead atoms. The molecule has 1 rings (SSSR count). The Labute approximate surface area is 145 Å². The minimum atomic E-state index is -0.507. The molecule has 0 aromatic heterocycles. The zero-order valence-corrected chi connectivity index (χ0v) is 15.2. The molecule has 0 amide bonds.